The summed E-state index contributed by atoms with van der Waals surface area (Å²) in [6.07, 6.45) is 4.65. The molecule has 1 aliphatic carbocycles. The fraction of sp³-hybridized carbons (Fsp3) is 0.333. The number of carbonyl (C=O) groups excluding carboxylic acids is 1. The third-order valence-electron chi connectivity index (χ3n) is 6.64. The molecule has 1 fully saturated rings. The van der Waals surface area contributed by atoms with Crippen LogP contribution in [0.1, 0.15) is 59.2 Å². The maximum atomic E-state index is 12.3. The lowest BCUT2D eigenvalue weighted by molar-refractivity contribution is -0.135. The predicted molar refractivity (Wildman–Crippen MR) is 130 cm³/mol. The van der Waals surface area contributed by atoms with Crippen LogP contribution in [0.15, 0.2) is 48.5 Å². The minimum absolute atomic E-state index is 0.188. The summed E-state index contributed by atoms with van der Waals surface area (Å²) in [5.74, 6) is -0.643. The number of aromatic hydroxyl groups is 2. The molecule has 0 aliphatic heterocycles. The van der Waals surface area contributed by atoms with Crippen LogP contribution in [0.4, 0.5) is 0 Å². The van der Waals surface area contributed by atoms with E-state index in [0.29, 0.717) is 29.8 Å². The highest BCUT2D eigenvalue weighted by atomic mass is 16.4. The van der Waals surface area contributed by atoms with Crippen molar-refractivity contribution in [1.29, 1.82) is 0 Å². The molecule has 8 heteroatoms. The third kappa shape index (κ3) is 5.77. The summed E-state index contributed by atoms with van der Waals surface area (Å²) < 4.78 is 0. The van der Waals surface area contributed by atoms with E-state index in [4.69, 9.17) is 5.11 Å². The molecular weight excluding hydrogens is 446 g/mol. The van der Waals surface area contributed by atoms with Crippen molar-refractivity contribution in [3.63, 3.8) is 0 Å². The van der Waals surface area contributed by atoms with Gasteiger partial charge in [-0.3, -0.25) is 9.59 Å². The number of phenols is 1. The Hall–Kier alpha value is -3.94. The van der Waals surface area contributed by atoms with Crippen molar-refractivity contribution < 1.29 is 24.9 Å². The lowest BCUT2D eigenvalue weighted by atomic mass is 9.77. The Bertz CT molecular complexity index is 1220. The summed E-state index contributed by atoms with van der Waals surface area (Å²) in [5, 5.41) is 31.3. The number of carboxylic acid groups (broad SMARTS) is 1. The Morgan fingerprint density at radius 2 is 1.66 bits per heavy atom. The van der Waals surface area contributed by atoms with E-state index in [9.17, 15) is 19.8 Å². The van der Waals surface area contributed by atoms with Crippen molar-refractivity contribution in [2.45, 2.75) is 44.9 Å². The smallest absolute Gasteiger partial charge is 0.322 e. The largest absolute Gasteiger partial charge is 0.507 e. The normalized spacial score (nSPS) is 17.6. The zero-order chi connectivity index (χ0) is 24.9. The summed E-state index contributed by atoms with van der Waals surface area (Å²) >= 11 is 0. The lowest BCUT2D eigenvalue weighted by Gasteiger charge is -2.28. The first-order valence-electron chi connectivity index (χ1n) is 11.8. The molecular formula is C27H29N3O5. The van der Waals surface area contributed by atoms with Crippen molar-refractivity contribution in [3.05, 3.63) is 71.3 Å². The molecule has 2 aromatic carbocycles. The number of aryl methyl sites for hydroxylation is 1. The summed E-state index contributed by atoms with van der Waals surface area (Å²) in [7, 11) is 0. The number of carboxylic acids is 1. The number of hydrogen-bond donors (Lipinski definition) is 4. The van der Waals surface area contributed by atoms with Crippen LogP contribution in [-0.4, -0.2) is 43.7 Å². The van der Waals surface area contributed by atoms with Gasteiger partial charge in [-0.1, -0.05) is 42.5 Å². The van der Waals surface area contributed by atoms with Gasteiger partial charge in [-0.25, -0.2) is 9.97 Å². The molecule has 4 rings (SSSR count). The molecule has 0 saturated heterocycles. The van der Waals surface area contributed by atoms with Gasteiger partial charge in [-0.2, -0.15) is 0 Å². The number of nitrogens with zero attached hydrogens (tertiary/aromatic N) is 2. The van der Waals surface area contributed by atoms with Gasteiger partial charge in [0.15, 0.2) is 11.4 Å². The zero-order valence-electron chi connectivity index (χ0n) is 19.6. The van der Waals surface area contributed by atoms with E-state index in [-0.39, 0.29) is 17.2 Å². The maximum Gasteiger partial charge on any atom is 0.322 e. The number of phenolic OH excluding ortho intramolecular Hbond substituents is 1. The van der Waals surface area contributed by atoms with E-state index < -0.39 is 18.4 Å². The second-order valence-electron chi connectivity index (χ2n) is 9.06. The molecule has 1 saturated carbocycles. The van der Waals surface area contributed by atoms with Crippen molar-refractivity contribution >= 4 is 11.9 Å². The number of aromatic nitrogens is 2. The highest BCUT2D eigenvalue weighted by Gasteiger charge is 2.25. The third-order valence-corrected chi connectivity index (χ3v) is 6.64. The van der Waals surface area contributed by atoms with E-state index in [0.717, 1.165) is 36.8 Å². The minimum Gasteiger partial charge on any atom is -0.507 e. The van der Waals surface area contributed by atoms with Crippen molar-refractivity contribution in [1.82, 2.24) is 15.3 Å². The first kappa shape index (κ1) is 24.2. The molecule has 1 heterocycles. The van der Waals surface area contributed by atoms with Crippen LogP contribution in [0.5, 0.6) is 11.5 Å². The minimum atomic E-state index is -1.17. The second-order valence-corrected chi connectivity index (χ2v) is 9.06. The topological polar surface area (TPSA) is 133 Å². The van der Waals surface area contributed by atoms with Gasteiger partial charge in [0.2, 0.25) is 0 Å². The molecule has 1 aromatic heterocycles. The van der Waals surface area contributed by atoms with Gasteiger partial charge >= 0.3 is 5.97 Å². The quantitative estimate of drug-likeness (QED) is 0.403. The standard InChI is InChI=1S/C27H29N3O5/c1-16-26(34)25(27(35)28-15-24(32)33)30-23(29-16)14-17-6-8-18(9-7-17)19-10-12-20(13-11-19)21-4-2-3-5-22(21)31/h2-5,10-13,17-18,31,34H,6-9,14-15H2,1H3,(H,28,35)(H,32,33). The molecule has 4 N–H and O–H groups in total. The van der Waals surface area contributed by atoms with E-state index in [2.05, 4.69) is 39.6 Å². The molecule has 182 valence electrons. The van der Waals surface area contributed by atoms with E-state index in [1.54, 1.807) is 13.0 Å². The van der Waals surface area contributed by atoms with Crippen molar-refractivity contribution in [2.75, 3.05) is 6.54 Å². The molecule has 0 spiro atoms. The number of para-hydroxylation sites is 1. The van der Waals surface area contributed by atoms with Gasteiger partial charge in [-0.05, 0) is 61.6 Å². The highest BCUT2D eigenvalue weighted by Crippen LogP contribution is 2.38. The number of hydrogen-bond acceptors (Lipinski definition) is 6. The highest BCUT2D eigenvalue weighted by molar-refractivity contribution is 5.96. The number of carbonyl (C=O) groups is 2. The van der Waals surface area contributed by atoms with Gasteiger partial charge in [0, 0.05) is 12.0 Å². The molecule has 35 heavy (non-hydrogen) atoms. The summed E-state index contributed by atoms with van der Waals surface area (Å²) in [6, 6.07) is 15.7. The Morgan fingerprint density at radius 1 is 0.971 bits per heavy atom. The van der Waals surface area contributed by atoms with Gasteiger partial charge in [0.05, 0.1) is 5.69 Å². The van der Waals surface area contributed by atoms with Crippen molar-refractivity contribution in [3.8, 4) is 22.6 Å². The van der Waals surface area contributed by atoms with Crippen LogP contribution in [0.3, 0.4) is 0 Å². The van der Waals surface area contributed by atoms with Crippen LogP contribution in [0.25, 0.3) is 11.1 Å². The number of amides is 1. The fourth-order valence-corrected chi connectivity index (χ4v) is 4.72. The van der Waals surface area contributed by atoms with Gasteiger partial charge in [-0.15, -0.1) is 0 Å². The molecule has 0 bridgehead atoms. The molecule has 0 unspecified atom stereocenters. The van der Waals surface area contributed by atoms with E-state index >= 15 is 0 Å². The average Bonchev–Trinajstić information content (AvgIpc) is 2.85. The first-order valence-corrected chi connectivity index (χ1v) is 11.8. The molecule has 1 amide bonds. The maximum absolute atomic E-state index is 12.3. The second kappa shape index (κ2) is 10.5. The summed E-state index contributed by atoms with van der Waals surface area (Å²) in [4.78, 5) is 31.6. The van der Waals surface area contributed by atoms with Crippen LogP contribution in [-0.2, 0) is 11.2 Å². The number of benzene rings is 2. The van der Waals surface area contributed by atoms with Crippen LogP contribution >= 0.6 is 0 Å². The fourth-order valence-electron chi connectivity index (χ4n) is 4.72. The number of rotatable bonds is 7. The zero-order valence-corrected chi connectivity index (χ0v) is 19.6. The number of aliphatic carboxylic acids is 1. The van der Waals surface area contributed by atoms with Crippen LogP contribution in [0.2, 0.25) is 0 Å². The predicted octanol–water partition coefficient (Wildman–Crippen LogP) is 4.19. The van der Waals surface area contributed by atoms with Gasteiger partial charge < -0.3 is 20.6 Å². The van der Waals surface area contributed by atoms with Gasteiger partial charge in [0.25, 0.3) is 5.91 Å². The molecule has 3 aromatic rings. The Labute approximate surface area is 203 Å². The van der Waals surface area contributed by atoms with E-state index in [1.807, 2.05) is 18.2 Å². The van der Waals surface area contributed by atoms with Gasteiger partial charge in [0.1, 0.15) is 18.1 Å². The Balaban J connectivity index is 1.37. The first-order chi connectivity index (χ1) is 16.8. The van der Waals surface area contributed by atoms with Crippen molar-refractivity contribution in [2.24, 2.45) is 5.92 Å². The molecule has 1 aliphatic rings. The van der Waals surface area contributed by atoms with Crippen LogP contribution < -0.4 is 5.32 Å². The molecule has 8 nitrogen and oxygen atoms in total. The van der Waals surface area contributed by atoms with Crippen LogP contribution in [0, 0.1) is 12.8 Å². The molecule has 0 radical (unpaired) electrons. The number of nitrogens with one attached hydrogen (secondary N) is 1. The Morgan fingerprint density at radius 3 is 2.31 bits per heavy atom. The molecule has 0 atom stereocenters. The Kier molecular flexibility index (Phi) is 7.29. The summed E-state index contributed by atoms with van der Waals surface area (Å²) in [6.45, 7) is 1.05. The monoisotopic (exact) mass is 475 g/mol. The SMILES string of the molecule is Cc1nc(CC2CCC(c3ccc(-c4ccccc4O)cc3)CC2)nc(C(=O)NCC(=O)O)c1O. The average molecular weight is 476 g/mol. The lowest BCUT2D eigenvalue weighted by Crippen LogP contribution is -2.30. The summed E-state index contributed by atoms with van der Waals surface area (Å²) in [5.41, 5.74) is 3.21. The van der Waals surface area contributed by atoms with E-state index in [1.165, 1.54) is 5.56 Å².